The van der Waals surface area contributed by atoms with Gasteiger partial charge < -0.3 is 9.68 Å². The van der Waals surface area contributed by atoms with Crippen molar-refractivity contribution < 1.29 is 9.68 Å². The highest BCUT2D eigenvalue weighted by atomic mass is 16.5. The van der Waals surface area contributed by atoms with Gasteiger partial charge in [-0.1, -0.05) is 46.8 Å². The van der Waals surface area contributed by atoms with Gasteiger partial charge in [0.1, 0.15) is 5.75 Å². The van der Waals surface area contributed by atoms with Crippen molar-refractivity contribution in [3.05, 3.63) is 29.3 Å². The van der Waals surface area contributed by atoms with Crippen molar-refractivity contribution in [3.8, 4) is 5.75 Å². The van der Waals surface area contributed by atoms with Crippen LogP contribution in [0.25, 0.3) is 0 Å². The summed E-state index contributed by atoms with van der Waals surface area (Å²) in [7, 11) is -0.738. The Bertz CT molecular complexity index is 418. The molecule has 2 rings (SSSR count). The molecule has 1 aromatic rings. The van der Waals surface area contributed by atoms with E-state index in [1.807, 2.05) is 19.9 Å². The number of benzene rings is 1. The minimum Gasteiger partial charge on any atom is -0.535 e. The normalized spacial score (nSPS) is 18.2. The van der Waals surface area contributed by atoms with Crippen LogP contribution in [0.1, 0.15) is 45.7 Å². The molecule has 0 atom stereocenters. The fourth-order valence-electron chi connectivity index (χ4n) is 2.02. The number of hydrogen-bond donors (Lipinski definition) is 1. The zero-order valence-corrected chi connectivity index (χ0v) is 10.7. The van der Waals surface area contributed by atoms with Crippen molar-refractivity contribution in [2.45, 2.75) is 45.3 Å². The van der Waals surface area contributed by atoms with Gasteiger partial charge in [-0.05, 0) is 22.6 Å². The van der Waals surface area contributed by atoms with Crippen LogP contribution in [0.15, 0.2) is 18.2 Å². The molecule has 0 fully saturated rings. The van der Waals surface area contributed by atoms with Gasteiger partial charge >= 0.3 is 7.12 Å². The van der Waals surface area contributed by atoms with Crippen LogP contribution in [0.4, 0.5) is 0 Å². The number of rotatable bonds is 0. The first-order chi connectivity index (χ1) is 7.23. The standard InChI is InChI=1S/C13H19BO2/c1-12(2,3)9-6-7-10-11(8-9)16-14(15)13(10,4)5/h6-8,15H,1-5H3. The Labute approximate surface area is 97.8 Å². The first-order valence-electron chi connectivity index (χ1n) is 5.72. The molecule has 1 aliphatic heterocycles. The van der Waals surface area contributed by atoms with Crippen LogP contribution in [0, 0.1) is 0 Å². The summed E-state index contributed by atoms with van der Waals surface area (Å²) in [5, 5.41) is 9.54. The van der Waals surface area contributed by atoms with Crippen LogP contribution in [-0.2, 0) is 10.7 Å². The third-order valence-corrected chi connectivity index (χ3v) is 3.40. The first-order valence-corrected chi connectivity index (χ1v) is 5.72. The topological polar surface area (TPSA) is 29.5 Å². The second-order valence-electron chi connectivity index (χ2n) is 6.15. The second kappa shape index (κ2) is 3.27. The molecule has 0 saturated carbocycles. The predicted octanol–water partition coefficient (Wildman–Crippen LogP) is 2.67. The zero-order chi connectivity index (χ0) is 12.1. The van der Waals surface area contributed by atoms with Crippen molar-refractivity contribution in [1.82, 2.24) is 0 Å². The smallest absolute Gasteiger partial charge is 0.533 e. The molecule has 0 amide bonds. The van der Waals surface area contributed by atoms with Crippen LogP contribution in [0.3, 0.4) is 0 Å². The van der Waals surface area contributed by atoms with Gasteiger partial charge in [0, 0.05) is 5.31 Å². The van der Waals surface area contributed by atoms with Crippen molar-refractivity contribution in [3.63, 3.8) is 0 Å². The third-order valence-electron chi connectivity index (χ3n) is 3.40. The average Bonchev–Trinajstić information content (AvgIpc) is 2.36. The van der Waals surface area contributed by atoms with E-state index in [0.717, 1.165) is 11.3 Å². The second-order valence-corrected chi connectivity index (χ2v) is 6.15. The van der Waals surface area contributed by atoms with Crippen LogP contribution in [0.2, 0.25) is 0 Å². The minimum atomic E-state index is -0.738. The van der Waals surface area contributed by atoms with E-state index in [-0.39, 0.29) is 10.7 Å². The summed E-state index contributed by atoms with van der Waals surface area (Å²) in [6.07, 6.45) is 0. The summed E-state index contributed by atoms with van der Waals surface area (Å²) in [6.45, 7) is 10.5. The Morgan fingerprint density at radius 1 is 1.25 bits per heavy atom. The Hall–Kier alpha value is -0.955. The van der Waals surface area contributed by atoms with E-state index in [1.54, 1.807) is 0 Å². The summed E-state index contributed by atoms with van der Waals surface area (Å²) in [5.74, 6) is 0.824. The first kappa shape index (κ1) is 11.5. The molecule has 0 bridgehead atoms. The minimum absolute atomic E-state index is 0.107. The summed E-state index contributed by atoms with van der Waals surface area (Å²) >= 11 is 0. The number of fused-ring (bicyclic) bond motifs is 1. The molecule has 3 heteroatoms. The van der Waals surface area contributed by atoms with Gasteiger partial charge in [0.05, 0.1) is 0 Å². The molecule has 2 nitrogen and oxygen atoms in total. The maximum absolute atomic E-state index is 9.85. The molecule has 1 aliphatic rings. The van der Waals surface area contributed by atoms with Gasteiger partial charge in [0.25, 0.3) is 0 Å². The molecule has 0 radical (unpaired) electrons. The monoisotopic (exact) mass is 218 g/mol. The summed E-state index contributed by atoms with van der Waals surface area (Å²) in [4.78, 5) is 0. The van der Waals surface area contributed by atoms with Crippen LogP contribution >= 0.6 is 0 Å². The molecule has 86 valence electrons. The lowest BCUT2D eigenvalue weighted by Crippen LogP contribution is -2.37. The Morgan fingerprint density at radius 2 is 1.88 bits per heavy atom. The molecular weight excluding hydrogens is 199 g/mol. The van der Waals surface area contributed by atoms with Crippen molar-refractivity contribution in [1.29, 1.82) is 0 Å². The van der Waals surface area contributed by atoms with E-state index in [4.69, 9.17) is 4.65 Å². The predicted molar refractivity (Wildman–Crippen MR) is 66.8 cm³/mol. The molecule has 0 saturated heterocycles. The Morgan fingerprint density at radius 3 is 2.44 bits per heavy atom. The van der Waals surface area contributed by atoms with E-state index in [1.165, 1.54) is 5.56 Å². The molecular formula is C13H19BO2. The van der Waals surface area contributed by atoms with E-state index < -0.39 is 7.12 Å². The van der Waals surface area contributed by atoms with Crippen molar-refractivity contribution >= 4 is 7.12 Å². The Kier molecular flexibility index (Phi) is 2.35. The van der Waals surface area contributed by atoms with Crippen molar-refractivity contribution in [2.24, 2.45) is 0 Å². The molecule has 0 spiro atoms. The average molecular weight is 218 g/mol. The highest BCUT2D eigenvalue weighted by molar-refractivity contribution is 6.49. The van der Waals surface area contributed by atoms with Gasteiger partial charge in [-0.15, -0.1) is 0 Å². The van der Waals surface area contributed by atoms with Crippen LogP contribution in [-0.4, -0.2) is 12.1 Å². The summed E-state index contributed by atoms with van der Waals surface area (Å²) in [6, 6.07) is 6.25. The SMILES string of the molecule is CC(C)(C)c1ccc2c(c1)OB(O)C2(C)C. The molecule has 0 aromatic heterocycles. The zero-order valence-electron chi connectivity index (χ0n) is 10.7. The molecule has 16 heavy (non-hydrogen) atoms. The van der Waals surface area contributed by atoms with Gasteiger partial charge in [-0.25, -0.2) is 0 Å². The van der Waals surface area contributed by atoms with Gasteiger partial charge in [0.2, 0.25) is 0 Å². The Balaban J connectivity index is 2.49. The lowest BCUT2D eigenvalue weighted by molar-refractivity contribution is 0.401. The fourth-order valence-corrected chi connectivity index (χ4v) is 2.02. The lowest BCUT2D eigenvalue weighted by atomic mass is 9.59. The quantitative estimate of drug-likeness (QED) is 0.678. The third kappa shape index (κ3) is 1.63. The van der Waals surface area contributed by atoms with E-state index >= 15 is 0 Å². The van der Waals surface area contributed by atoms with Crippen molar-refractivity contribution in [2.75, 3.05) is 0 Å². The molecule has 0 unspecified atom stereocenters. The molecule has 1 heterocycles. The van der Waals surface area contributed by atoms with Crippen LogP contribution < -0.4 is 4.65 Å². The molecule has 1 aromatic carbocycles. The maximum Gasteiger partial charge on any atom is 0.533 e. The summed E-state index contributed by atoms with van der Waals surface area (Å²) in [5.41, 5.74) is 2.43. The largest absolute Gasteiger partial charge is 0.535 e. The van der Waals surface area contributed by atoms with E-state index in [9.17, 15) is 5.02 Å². The number of hydrogen-bond acceptors (Lipinski definition) is 2. The van der Waals surface area contributed by atoms with Gasteiger partial charge in [-0.2, -0.15) is 0 Å². The van der Waals surface area contributed by atoms with E-state index in [0.29, 0.717) is 0 Å². The van der Waals surface area contributed by atoms with Gasteiger partial charge in [-0.3, -0.25) is 0 Å². The fraction of sp³-hybridized carbons (Fsp3) is 0.538. The van der Waals surface area contributed by atoms with Gasteiger partial charge in [0.15, 0.2) is 0 Å². The molecule has 0 aliphatic carbocycles. The van der Waals surface area contributed by atoms with Crippen LogP contribution in [0.5, 0.6) is 5.75 Å². The molecule has 1 N–H and O–H groups in total. The lowest BCUT2D eigenvalue weighted by Gasteiger charge is -2.21. The highest BCUT2D eigenvalue weighted by Crippen LogP contribution is 2.41. The highest BCUT2D eigenvalue weighted by Gasteiger charge is 2.46. The summed E-state index contributed by atoms with van der Waals surface area (Å²) < 4.78 is 5.51. The maximum atomic E-state index is 9.85. The van der Waals surface area contributed by atoms with E-state index in [2.05, 4.69) is 32.9 Å².